The lowest BCUT2D eigenvalue weighted by Gasteiger charge is -2.21. The maximum Gasteiger partial charge on any atom is 0.254 e. The van der Waals surface area contributed by atoms with Gasteiger partial charge < -0.3 is 4.90 Å². The number of aryl methyl sites for hydroxylation is 2. The molecule has 0 unspecified atom stereocenters. The molecular weight excluding hydrogens is 362 g/mol. The van der Waals surface area contributed by atoms with Crippen LogP contribution in [0.5, 0.6) is 0 Å². The smallest absolute Gasteiger partial charge is 0.254 e. The van der Waals surface area contributed by atoms with E-state index in [1.807, 2.05) is 58.2 Å². The lowest BCUT2D eigenvalue weighted by Crippen LogP contribution is -2.27. The molecule has 1 N–H and O–H groups in total. The summed E-state index contributed by atoms with van der Waals surface area (Å²) in [6, 6.07) is 9.96. The molecule has 0 saturated carbocycles. The Kier molecular flexibility index (Phi) is 4.84. The number of nitrogens with zero attached hydrogens (tertiary/aromatic N) is 4. The van der Waals surface area contributed by atoms with Gasteiger partial charge in [-0.2, -0.15) is 5.10 Å². The highest BCUT2D eigenvalue weighted by atomic mass is 16.2. The summed E-state index contributed by atoms with van der Waals surface area (Å²) in [5.41, 5.74) is 7.06. The van der Waals surface area contributed by atoms with Crippen LogP contribution < -0.4 is 0 Å². The van der Waals surface area contributed by atoms with E-state index in [0.29, 0.717) is 12.1 Å². The zero-order chi connectivity index (χ0) is 20.5. The van der Waals surface area contributed by atoms with Crippen molar-refractivity contribution in [2.75, 3.05) is 7.05 Å². The van der Waals surface area contributed by atoms with E-state index in [9.17, 15) is 4.79 Å². The Morgan fingerprint density at radius 3 is 2.69 bits per heavy atom. The largest absolute Gasteiger partial charge is 0.337 e. The van der Waals surface area contributed by atoms with Gasteiger partial charge >= 0.3 is 0 Å². The van der Waals surface area contributed by atoms with Crippen molar-refractivity contribution in [2.24, 2.45) is 0 Å². The lowest BCUT2D eigenvalue weighted by molar-refractivity contribution is 0.0786. The zero-order valence-corrected chi connectivity index (χ0v) is 17.0. The number of carbonyl (C=O) groups excluding carboxylic acids is 1. The average Bonchev–Trinajstić information content (AvgIpc) is 3.21. The van der Waals surface area contributed by atoms with Crippen LogP contribution in [-0.2, 0) is 6.54 Å². The third-order valence-corrected chi connectivity index (χ3v) is 5.10. The van der Waals surface area contributed by atoms with Gasteiger partial charge in [0.2, 0.25) is 0 Å². The van der Waals surface area contributed by atoms with Crippen molar-refractivity contribution < 1.29 is 4.79 Å². The summed E-state index contributed by atoms with van der Waals surface area (Å²) in [4.78, 5) is 24.4. The van der Waals surface area contributed by atoms with E-state index in [4.69, 9.17) is 4.98 Å². The minimum atomic E-state index is -0.0280. The fourth-order valence-corrected chi connectivity index (χ4v) is 3.65. The first-order valence-electron chi connectivity index (χ1n) is 9.51. The molecule has 1 aromatic carbocycles. The average molecular weight is 385 g/mol. The van der Waals surface area contributed by atoms with Crippen LogP contribution in [0.15, 0.2) is 48.9 Å². The van der Waals surface area contributed by atoms with Gasteiger partial charge in [-0.05, 0) is 56.2 Å². The van der Waals surface area contributed by atoms with Gasteiger partial charge in [-0.25, -0.2) is 4.98 Å². The van der Waals surface area contributed by atoms with Crippen molar-refractivity contribution in [3.8, 4) is 11.3 Å². The van der Waals surface area contributed by atoms with Gasteiger partial charge in [0, 0.05) is 42.6 Å². The molecule has 29 heavy (non-hydrogen) atoms. The molecule has 0 fully saturated rings. The number of carbonyl (C=O) groups is 1. The van der Waals surface area contributed by atoms with Crippen molar-refractivity contribution in [3.63, 3.8) is 0 Å². The van der Waals surface area contributed by atoms with Gasteiger partial charge in [-0.3, -0.25) is 14.9 Å². The Morgan fingerprint density at radius 2 is 1.97 bits per heavy atom. The van der Waals surface area contributed by atoms with Gasteiger partial charge in [0.15, 0.2) is 0 Å². The van der Waals surface area contributed by atoms with E-state index in [0.717, 1.165) is 44.5 Å². The number of nitrogens with one attached hydrogen (secondary N) is 1. The Balaban J connectivity index is 1.83. The highest BCUT2D eigenvalue weighted by Gasteiger charge is 2.22. The maximum atomic E-state index is 13.6. The number of pyridine rings is 2. The van der Waals surface area contributed by atoms with Gasteiger partial charge in [-0.1, -0.05) is 11.6 Å². The van der Waals surface area contributed by atoms with Crippen molar-refractivity contribution >= 4 is 16.8 Å². The van der Waals surface area contributed by atoms with Crippen LogP contribution in [0.3, 0.4) is 0 Å². The van der Waals surface area contributed by atoms with Crippen LogP contribution in [0.2, 0.25) is 0 Å². The number of aromatic nitrogens is 4. The molecule has 4 aromatic rings. The van der Waals surface area contributed by atoms with Crippen LogP contribution in [0, 0.1) is 20.8 Å². The SMILES string of the molecule is Cc1ccc2nc(-c3cn[nH]c3)c(C)c(C(=O)N(C)Cc3ccnc(C)c3)c2c1. The number of hydrogen-bond donors (Lipinski definition) is 1. The summed E-state index contributed by atoms with van der Waals surface area (Å²) in [6.07, 6.45) is 5.30. The summed E-state index contributed by atoms with van der Waals surface area (Å²) in [6.45, 7) is 6.44. The van der Waals surface area contributed by atoms with E-state index in [1.165, 1.54) is 0 Å². The van der Waals surface area contributed by atoms with E-state index in [1.54, 1.807) is 23.5 Å². The minimum Gasteiger partial charge on any atom is -0.337 e. The molecule has 0 radical (unpaired) electrons. The molecule has 6 heteroatoms. The fourth-order valence-electron chi connectivity index (χ4n) is 3.65. The van der Waals surface area contributed by atoms with Crippen molar-refractivity contribution in [3.05, 3.63) is 76.9 Å². The molecule has 0 saturated heterocycles. The first-order valence-corrected chi connectivity index (χ1v) is 9.51. The molecule has 0 spiro atoms. The molecule has 0 bridgehead atoms. The first kappa shape index (κ1) is 18.8. The zero-order valence-electron chi connectivity index (χ0n) is 17.0. The normalized spacial score (nSPS) is 11.0. The van der Waals surface area contributed by atoms with Gasteiger partial charge in [0.05, 0.1) is 23.0 Å². The van der Waals surface area contributed by atoms with E-state index in [2.05, 4.69) is 15.2 Å². The molecule has 0 aliphatic heterocycles. The second-order valence-corrected chi connectivity index (χ2v) is 7.43. The van der Waals surface area contributed by atoms with Crippen molar-refractivity contribution in [2.45, 2.75) is 27.3 Å². The highest BCUT2D eigenvalue weighted by Crippen LogP contribution is 2.30. The number of amides is 1. The molecule has 0 aliphatic rings. The molecular formula is C23H23N5O. The molecule has 3 aromatic heterocycles. The van der Waals surface area contributed by atoms with Crippen LogP contribution in [0.4, 0.5) is 0 Å². The highest BCUT2D eigenvalue weighted by molar-refractivity contribution is 6.08. The molecule has 146 valence electrons. The summed E-state index contributed by atoms with van der Waals surface area (Å²) in [5, 5.41) is 7.74. The third kappa shape index (κ3) is 3.61. The van der Waals surface area contributed by atoms with Crippen LogP contribution in [0.25, 0.3) is 22.2 Å². The Morgan fingerprint density at radius 1 is 1.14 bits per heavy atom. The second kappa shape index (κ2) is 7.47. The van der Waals surface area contributed by atoms with E-state index >= 15 is 0 Å². The Bertz CT molecular complexity index is 1200. The van der Waals surface area contributed by atoms with Gasteiger partial charge in [0.25, 0.3) is 5.91 Å². The summed E-state index contributed by atoms with van der Waals surface area (Å²) in [7, 11) is 1.83. The predicted molar refractivity (Wildman–Crippen MR) is 114 cm³/mol. The van der Waals surface area contributed by atoms with Crippen LogP contribution in [0.1, 0.15) is 32.7 Å². The summed E-state index contributed by atoms with van der Waals surface area (Å²) in [5.74, 6) is -0.0280. The monoisotopic (exact) mass is 385 g/mol. The first-order chi connectivity index (χ1) is 13.9. The molecule has 3 heterocycles. The Hall–Kier alpha value is -3.54. The van der Waals surface area contributed by atoms with Crippen LogP contribution in [-0.4, -0.2) is 38.0 Å². The lowest BCUT2D eigenvalue weighted by atomic mass is 9.97. The summed E-state index contributed by atoms with van der Waals surface area (Å²) >= 11 is 0. The molecule has 4 rings (SSSR count). The van der Waals surface area contributed by atoms with Gasteiger partial charge in [0.1, 0.15) is 0 Å². The second-order valence-electron chi connectivity index (χ2n) is 7.43. The topological polar surface area (TPSA) is 74.8 Å². The van der Waals surface area contributed by atoms with E-state index < -0.39 is 0 Å². The fraction of sp³-hybridized carbons (Fsp3) is 0.217. The van der Waals surface area contributed by atoms with E-state index in [-0.39, 0.29) is 5.91 Å². The molecule has 0 atom stereocenters. The van der Waals surface area contributed by atoms with Gasteiger partial charge in [-0.15, -0.1) is 0 Å². The number of benzene rings is 1. The Labute approximate surface area is 169 Å². The molecule has 6 nitrogen and oxygen atoms in total. The quantitative estimate of drug-likeness (QED) is 0.571. The summed E-state index contributed by atoms with van der Waals surface area (Å²) < 4.78 is 0. The number of rotatable bonds is 4. The number of H-pyrrole nitrogens is 1. The number of aromatic amines is 1. The van der Waals surface area contributed by atoms with Crippen molar-refractivity contribution in [1.29, 1.82) is 0 Å². The minimum absolute atomic E-state index is 0.0280. The number of fused-ring (bicyclic) bond motifs is 1. The third-order valence-electron chi connectivity index (χ3n) is 5.10. The predicted octanol–water partition coefficient (Wildman–Crippen LogP) is 4.22. The molecule has 0 aliphatic carbocycles. The van der Waals surface area contributed by atoms with Crippen molar-refractivity contribution in [1.82, 2.24) is 25.1 Å². The standard InChI is InChI=1S/C23H23N5O/c1-14-5-6-20-19(9-14)21(16(3)22(27-20)18-11-25-26-12-18)23(29)28(4)13-17-7-8-24-15(2)10-17/h5-12H,13H2,1-4H3,(H,25,26). The maximum absolute atomic E-state index is 13.6. The van der Waals surface area contributed by atoms with Crippen LogP contribution >= 0.6 is 0 Å². The molecule has 1 amide bonds. The number of hydrogen-bond acceptors (Lipinski definition) is 4.